The number of hydrogen-bond donors (Lipinski definition) is 1. The van der Waals surface area contributed by atoms with Crippen LogP contribution in [0.1, 0.15) is 12.8 Å². The number of rotatable bonds is 4. The fraction of sp³-hybridized carbons (Fsp3) is 0.875. The molecule has 1 atom stereocenters. The summed E-state index contributed by atoms with van der Waals surface area (Å²) in [5.41, 5.74) is 0. The number of aliphatic carboxylic acids is 1. The molecule has 1 N–H and O–H groups in total. The van der Waals surface area contributed by atoms with Gasteiger partial charge in [-0.25, -0.2) is 0 Å². The number of hydrogen-bond acceptors (Lipinski definition) is 3. The molecular formula is C8H15NO2S. The first-order valence-electron chi connectivity index (χ1n) is 4.20. The Kier molecular flexibility index (Phi) is 3.88. The van der Waals surface area contributed by atoms with E-state index < -0.39 is 5.97 Å². The standard InChI is InChI=1S/C8H15NO2S/c1-9-4-2-3-7(9)5-12-6-8(10)11/h7H,2-6H2,1H3,(H,10,11)/t7-/m0/s1. The molecule has 1 heterocycles. The van der Waals surface area contributed by atoms with Crippen LogP contribution >= 0.6 is 11.8 Å². The quantitative estimate of drug-likeness (QED) is 0.713. The highest BCUT2D eigenvalue weighted by Gasteiger charge is 2.20. The molecular weight excluding hydrogens is 174 g/mol. The summed E-state index contributed by atoms with van der Waals surface area (Å²) in [5, 5.41) is 8.42. The monoisotopic (exact) mass is 189 g/mol. The van der Waals surface area contributed by atoms with Crippen LogP contribution < -0.4 is 0 Å². The van der Waals surface area contributed by atoms with Crippen molar-refractivity contribution in [3.63, 3.8) is 0 Å². The van der Waals surface area contributed by atoms with Crippen LogP contribution in [0.4, 0.5) is 0 Å². The van der Waals surface area contributed by atoms with Gasteiger partial charge in [0.05, 0.1) is 5.75 Å². The lowest BCUT2D eigenvalue weighted by Gasteiger charge is -2.17. The van der Waals surface area contributed by atoms with Crippen LogP contribution in [0.25, 0.3) is 0 Å². The molecule has 0 aromatic heterocycles. The van der Waals surface area contributed by atoms with Crippen LogP contribution in [0.15, 0.2) is 0 Å². The summed E-state index contributed by atoms with van der Waals surface area (Å²) in [6.07, 6.45) is 2.48. The van der Waals surface area contributed by atoms with Crippen LogP contribution in [-0.4, -0.2) is 47.1 Å². The number of carbonyl (C=O) groups is 1. The van der Waals surface area contributed by atoms with Gasteiger partial charge in [0.1, 0.15) is 0 Å². The second kappa shape index (κ2) is 4.72. The van der Waals surface area contributed by atoms with Crippen molar-refractivity contribution in [3.8, 4) is 0 Å². The van der Waals surface area contributed by atoms with E-state index in [4.69, 9.17) is 5.11 Å². The lowest BCUT2D eigenvalue weighted by atomic mass is 10.2. The average Bonchev–Trinajstić information content (AvgIpc) is 2.36. The molecule has 1 aliphatic heterocycles. The maximum absolute atomic E-state index is 10.2. The predicted octanol–water partition coefficient (Wildman–Crippen LogP) is 0.898. The molecule has 1 aliphatic rings. The summed E-state index contributed by atoms with van der Waals surface area (Å²) < 4.78 is 0. The zero-order chi connectivity index (χ0) is 8.97. The van der Waals surface area contributed by atoms with Gasteiger partial charge < -0.3 is 10.0 Å². The molecule has 0 unspecified atom stereocenters. The van der Waals surface area contributed by atoms with Crippen molar-refractivity contribution in [1.29, 1.82) is 0 Å². The highest BCUT2D eigenvalue weighted by molar-refractivity contribution is 7.99. The smallest absolute Gasteiger partial charge is 0.313 e. The number of likely N-dealkylation sites (tertiary alicyclic amines) is 1. The van der Waals surface area contributed by atoms with Gasteiger partial charge in [-0.15, -0.1) is 11.8 Å². The summed E-state index contributed by atoms with van der Waals surface area (Å²) >= 11 is 1.52. The summed E-state index contributed by atoms with van der Waals surface area (Å²) in [4.78, 5) is 12.5. The third kappa shape index (κ3) is 3.03. The minimum atomic E-state index is -0.708. The Balaban J connectivity index is 2.10. The Labute approximate surface area is 77.1 Å². The first-order chi connectivity index (χ1) is 5.70. The van der Waals surface area contributed by atoms with Crippen molar-refractivity contribution in [1.82, 2.24) is 4.90 Å². The third-order valence-corrected chi connectivity index (χ3v) is 3.28. The van der Waals surface area contributed by atoms with E-state index in [1.54, 1.807) is 0 Å². The second-order valence-electron chi connectivity index (χ2n) is 3.19. The van der Waals surface area contributed by atoms with Gasteiger partial charge >= 0.3 is 5.97 Å². The number of carboxylic acid groups (broad SMARTS) is 1. The summed E-state index contributed by atoms with van der Waals surface area (Å²) in [6.45, 7) is 1.16. The molecule has 4 heteroatoms. The van der Waals surface area contributed by atoms with Crippen molar-refractivity contribution in [2.75, 3.05) is 25.1 Å². The summed E-state index contributed by atoms with van der Waals surface area (Å²) in [6, 6.07) is 0.606. The normalized spacial score (nSPS) is 24.6. The highest BCUT2D eigenvalue weighted by atomic mass is 32.2. The molecule has 1 fully saturated rings. The van der Waals surface area contributed by atoms with Crippen molar-refractivity contribution in [2.45, 2.75) is 18.9 Å². The topological polar surface area (TPSA) is 40.5 Å². The summed E-state index contributed by atoms with van der Waals surface area (Å²) in [5.74, 6) is 0.494. The highest BCUT2D eigenvalue weighted by Crippen LogP contribution is 2.18. The molecule has 0 radical (unpaired) electrons. The minimum Gasteiger partial charge on any atom is -0.481 e. The first kappa shape index (κ1) is 9.86. The van der Waals surface area contributed by atoms with E-state index in [9.17, 15) is 4.79 Å². The number of nitrogens with zero attached hydrogens (tertiary/aromatic N) is 1. The Morgan fingerprint density at radius 2 is 2.50 bits per heavy atom. The maximum Gasteiger partial charge on any atom is 0.313 e. The van der Waals surface area contributed by atoms with Crippen molar-refractivity contribution >= 4 is 17.7 Å². The van der Waals surface area contributed by atoms with Crippen LogP contribution in [0.2, 0.25) is 0 Å². The molecule has 0 saturated carbocycles. The number of thioether (sulfide) groups is 1. The van der Waals surface area contributed by atoms with Crippen LogP contribution in [-0.2, 0) is 4.79 Å². The largest absolute Gasteiger partial charge is 0.481 e. The second-order valence-corrected chi connectivity index (χ2v) is 4.22. The SMILES string of the molecule is CN1CCC[C@H]1CSCC(=O)O. The Morgan fingerprint density at radius 1 is 1.75 bits per heavy atom. The molecule has 1 rings (SSSR count). The van der Waals surface area contributed by atoms with Gasteiger partial charge in [-0.2, -0.15) is 0 Å². The van der Waals surface area contributed by atoms with Gasteiger partial charge in [0, 0.05) is 11.8 Å². The zero-order valence-corrected chi connectivity index (χ0v) is 8.14. The molecule has 3 nitrogen and oxygen atoms in total. The number of carboxylic acids is 1. The van der Waals surface area contributed by atoms with E-state index in [1.165, 1.54) is 24.6 Å². The average molecular weight is 189 g/mol. The lowest BCUT2D eigenvalue weighted by molar-refractivity contribution is -0.133. The van der Waals surface area contributed by atoms with Gasteiger partial charge in [0.2, 0.25) is 0 Å². The molecule has 12 heavy (non-hydrogen) atoms. The van der Waals surface area contributed by atoms with E-state index in [1.807, 2.05) is 0 Å². The van der Waals surface area contributed by atoms with Crippen LogP contribution in [0.5, 0.6) is 0 Å². The lowest BCUT2D eigenvalue weighted by Crippen LogP contribution is -2.27. The Bertz CT molecular complexity index is 163. The maximum atomic E-state index is 10.2. The van der Waals surface area contributed by atoms with Gasteiger partial charge in [0.15, 0.2) is 0 Å². The molecule has 70 valence electrons. The van der Waals surface area contributed by atoms with Crippen molar-refractivity contribution < 1.29 is 9.90 Å². The van der Waals surface area contributed by atoms with Crippen molar-refractivity contribution in [2.24, 2.45) is 0 Å². The first-order valence-corrected chi connectivity index (χ1v) is 5.35. The third-order valence-electron chi connectivity index (χ3n) is 2.21. The Hall–Kier alpha value is -0.220. The van der Waals surface area contributed by atoms with Crippen molar-refractivity contribution in [3.05, 3.63) is 0 Å². The molecule has 0 aromatic rings. The van der Waals surface area contributed by atoms with E-state index in [0.29, 0.717) is 6.04 Å². The summed E-state index contributed by atoms with van der Waals surface area (Å²) in [7, 11) is 2.11. The van der Waals surface area contributed by atoms with E-state index in [2.05, 4.69) is 11.9 Å². The molecule has 1 saturated heterocycles. The van der Waals surface area contributed by atoms with Gasteiger partial charge in [-0.3, -0.25) is 4.79 Å². The molecule has 0 bridgehead atoms. The van der Waals surface area contributed by atoms with Crippen LogP contribution in [0.3, 0.4) is 0 Å². The fourth-order valence-electron chi connectivity index (χ4n) is 1.47. The molecule has 0 amide bonds. The van der Waals surface area contributed by atoms with Crippen LogP contribution in [0, 0.1) is 0 Å². The van der Waals surface area contributed by atoms with E-state index in [-0.39, 0.29) is 5.75 Å². The predicted molar refractivity (Wildman–Crippen MR) is 50.6 cm³/mol. The van der Waals surface area contributed by atoms with Gasteiger partial charge in [-0.1, -0.05) is 0 Å². The molecule has 0 aliphatic carbocycles. The van der Waals surface area contributed by atoms with E-state index in [0.717, 1.165) is 12.3 Å². The molecule has 0 aromatic carbocycles. The fourth-order valence-corrected chi connectivity index (χ4v) is 2.46. The molecule has 0 spiro atoms. The Morgan fingerprint density at radius 3 is 3.00 bits per heavy atom. The van der Waals surface area contributed by atoms with Gasteiger partial charge in [0.25, 0.3) is 0 Å². The van der Waals surface area contributed by atoms with E-state index >= 15 is 0 Å². The zero-order valence-electron chi connectivity index (χ0n) is 7.32. The van der Waals surface area contributed by atoms with Gasteiger partial charge in [-0.05, 0) is 26.4 Å². The minimum absolute atomic E-state index is 0.240.